The van der Waals surface area contributed by atoms with Crippen LogP contribution >= 0.6 is 0 Å². The summed E-state index contributed by atoms with van der Waals surface area (Å²) in [6, 6.07) is 4.44. The van der Waals surface area contributed by atoms with E-state index < -0.39 is 6.10 Å². The highest BCUT2D eigenvalue weighted by molar-refractivity contribution is 5.38. The van der Waals surface area contributed by atoms with E-state index in [2.05, 4.69) is 6.92 Å². The summed E-state index contributed by atoms with van der Waals surface area (Å²) in [7, 11) is 0. The van der Waals surface area contributed by atoms with Crippen molar-refractivity contribution >= 4 is 0 Å². The third-order valence-corrected chi connectivity index (χ3v) is 4.71. The second-order valence-corrected chi connectivity index (χ2v) is 6.06. The Balaban J connectivity index is 1.90. The maximum Gasteiger partial charge on any atom is 0.128 e. The second-order valence-electron chi connectivity index (χ2n) is 6.06. The van der Waals surface area contributed by atoms with E-state index in [0.29, 0.717) is 18.1 Å². The predicted molar refractivity (Wildman–Crippen MR) is 71.6 cm³/mol. The number of halogens is 1. The Hall–Kier alpha value is -1.09. The van der Waals surface area contributed by atoms with Gasteiger partial charge in [0.15, 0.2) is 0 Å². The molecule has 1 aliphatic carbocycles. The molecule has 19 heavy (non-hydrogen) atoms. The van der Waals surface area contributed by atoms with Crippen LogP contribution in [0.2, 0.25) is 0 Å². The second kappa shape index (κ2) is 4.78. The summed E-state index contributed by atoms with van der Waals surface area (Å²) in [5, 5.41) is 10.3. The van der Waals surface area contributed by atoms with Crippen molar-refractivity contribution in [1.82, 2.24) is 0 Å². The molecule has 1 aromatic rings. The quantitative estimate of drug-likeness (QED) is 0.831. The summed E-state index contributed by atoms with van der Waals surface area (Å²) >= 11 is 0. The number of rotatable bonds is 1. The average molecular weight is 264 g/mol. The van der Waals surface area contributed by atoms with E-state index in [-0.39, 0.29) is 11.4 Å². The SMILES string of the molecule is CCC1CCCC2(C1)C[C@@H](O)c1ccc(F)cc1O2. The molecule has 2 unspecified atom stereocenters. The summed E-state index contributed by atoms with van der Waals surface area (Å²) < 4.78 is 19.5. The minimum Gasteiger partial charge on any atom is -0.487 e. The van der Waals surface area contributed by atoms with Gasteiger partial charge < -0.3 is 9.84 Å². The molecule has 1 fully saturated rings. The van der Waals surface area contributed by atoms with E-state index >= 15 is 0 Å². The minimum atomic E-state index is -0.528. The van der Waals surface area contributed by atoms with Crippen LogP contribution in [0.5, 0.6) is 5.75 Å². The summed E-state index contributed by atoms with van der Waals surface area (Å²) in [6.07, 6.45) is 5.59. The van der Waals surface area contributed by atoms with Gasteiger partial charge >= 0.3 is 0 Å². The van der Waals surface area contributed by atoms with Crippen molar-refractivity contribution in [3.8, 4) is 5.75 Å². The van der Waals surface area contributed by atoms with Crippen LogP contribution in [0.1, 0.15) is 57.1 Å². The monoisotopic (exact) mass is 264 g/mol. The Morgan fingerprint density at radius 3 is 3.05 bits per heavy atom. The van der Waals surface area contributed by atoms with Crippen LogP contribution in [0.4, 0.5) is 4.39 Å². The van der Waals surface area contributed by atoms with Gasteiger partial charge in [0.1, 0.15) is 17.2 Å². The highest BCUT2D eigenvalue weighted by Gasteiger charge is 2.43. The van der Waals surface area contributed by atoms with E-state index in [1.807, 2.05) is 0 Å². The molecule has 0 saturated heterocycles. The molecule has 3 heteroatoms. The van der Waals surface area contributed by atoms with Gasteiger partial charge in [-0.2, -0.15) is 0 Å². The zero-order valence-corrected chi connectivity index (χ0v) is 11.4. The standard InChI is InChI=1S/C16H21FO2/c1-2-11-4-3-7-16(9-11)10-14(18)13-6-5-12(17)8-15(13)19-16/h5-6,8,11,14,18H,2-4,7,9-10H2,1H3/t11?,14-,16?/m1/s1. The predicted octanol–water partition coefficient (Wildman–Crippen LogP) is 3.98. The van der Waals surface area contributed by atoms with Crippen molar-refractivity contribution in [2.75, 3.05) is 0 Å². The van der Waals surface area contributed by atoms with E-state index in [1.165, 1.54) is 18.6 Å². The smallest absolute Gasteiger partial charge is 0.128 e. The molecular weight excluding hydrogens is 243 g/mol. The highest BCUT2D eigenvalue weighted by Crippen LogP contribution is 2.48. The summed E-state index contributed by atoms with van der Waals surface area (Å²) in [5.41, 5.74) is 0.449. The number of aliphatic hydroxyl groups is 1. The van der Waals surface area contributed by atoms with Crippen molar-refractivity contribution < 1.29 is 14.2 Å². The molecule has 1 aromatic carbocycles. The molecule has 104 valence electrons. The molecule has 2 nitrogen and oxygen atoms in total. The molecule has 2 aliphatic rings. The summed E-state index contributed by atoms with van der Waals surface area (Å²) in [6.45, 7) is 2.20. The lowest BCUT2D eigenvalue weighted by Crippen LogP contribution is -2.45. The maximum atomic E-state index is 13.4. The zero-order valence-electron chi connectivity index (χ0n) is 11.4. The number of hydrogen-bond acceptors (Lipinski definition) is 2. The van der Waals surface area contributed by atoms with Crippen molar-refractivity contribution in [3.63, 3.8) is 0 Å². The fourth-order valence-corrected chi connectivity index (χ4v) is 3.68. The Kier molecular flexibility index (Phi) is 3.25. The Bertz CT molecular complexity index is 474. The lowest BCUT2D eigenvalue weighted by atomic mass is 9.72. The Morgan fingerprint density at radius 1 is 1.42 bits per heavy atom. The van der Waals surface area contributed by atoms with Crippen LogP contribution in [0.25, 0.3) is 0 Å². The lowest BCUT2D eigenvalue weighted by Gasteiger charge is -2.45. The topological polar surface area (TPSA) is 29.5 Å². The minimum absolute atomic E-state index is 0.279. The molecule has 1 aliphatic heterocycles. The third-order valence-electron chi connectivity index (χ3n) is 4.71. The fraction of sp³-hybridized carbons (Fsp3) is 0.625. The molecule has 0 bridgehead atoms. The molecule has 0 aromatic heterocycles. The van der Waals surface area contributed by atoms with Gasteiger partial charge in [-0.15, -0.1) is 0 Å². The van der Waals surface area contributed by atoms with Crippen molar-refractivity contribution in [1.29, 1.82) is 0 Å². The van der Waals surface area contributed by atoms with Gasteiger partial charge in [0, 0.05) is 18.1 Å². The first kappa shape index (κ1) is 12.9. The normalized spacial score (nSPS) is 33.8. The third kappa shape index (κ3) is 2.36. The largest absolute Gasteiger partial charge is 0.487 e. The molecule has 3 atom stereocenters. The van der Waals surface area contributed by atoms with E-state index in [9.17, 15) is 9.50 Å². The van der Waals surface area contributed by atoms with Crippen LogP contribution in [0.3, 0.4) is 0 Å². The van der Waals surface area contributed by atoms with Gasteiger partial charge in [0.2, 0.25) is 0 Å². The summed E-state index contributed by atoms with van der Waals surface area (Å²) in [4.78, 5) is 0. The van der Waals surface area contributed by atoms with E-state index in [1.54, 1.807) is 6.07 Å². The van der Waals surface area contributed by atoms with Crippen LogP contribution in [0, 0.1) is 11.7 Å². The highest BCUT2D eigenvalue weighted by atomic mass is 19.1. The van der Waals surface area contributed by atoms with Crippen LogP contribution in [-0.2, 0) is 0 Å². The zero-order chi connectivity index (χ0) is 13.5. The fourth-order valence-electron chi connectivity index (χ4n) is 3.68. The van der Waals surface area contributed by atoms with Crippen LogP contribution < -0.4 is 4.74 Å². The van der Waals surface area contributed by atoms with Crippen molar-refractivity contribution in [3.05, 3.63) is 29.6 Å². The number of ether oxygens (including phenoxy) is 1. The van der Waals surface area contributed by atoms with Gasteiger partial charge in [-0.05, 0) is 37.3 Å². The number of fused-ring (bicyclic) bond motifs is 1. The van der Waals surface area contributed by atoms with E-state index in [4.69, 9.17) is 4.74 Å². The number of benzene rings is 1. The number of hydrogen-bond donors (Lipinski definition) is 1. The molecule has 1 spiro atoms. The van der Waals surface area contributed by atoms with Gasteiger partial charge in [-0.1, -0.05) is 19.8 Å². The lowest BCUT2D eigenvalue weighted by molar-refractivity contribution is -0.0523. The molecular formula is C16H21FO2. The molecule has 1 N–H and O–H groups in total. The molecule has 0 amide bonds. The Morgan fingerprint density at radius 2 is 2.26 bits per heavy atom. The Labute approximate surface area is 113 Å². The van der Waals surface area contributed by atoms with E-state index in [0.717, 1.165) is 31.2 Å². The molecule has 3 rings (SSSR count). The van der Waals surface area contributed by atoms with Crippen molar-refractivity contribution in [2.45, 2.75) is 57.2 Å². The number of aliphatic hydroxyl groups excluding tert-OH is 1. The van der Waals surface area contributed by atoms with Gasteiger partial charge in [-0.25, -0.2) is 4.39 Å². The average Bonchev–Trinajstić information content (AvgIpc) is 2.38. The van der Waals surface area contributed by atoms with Gasteiger partial charge in [0.25, 0.3) is 0 Å². The molecule has 1 heterocycles. The molecule has 1 saturated carbocycles. The molecule has 0 radical (unpaired) electrons. The maximum absolute atomic E-state index is 13.4. The first-order valence-electron chi connectivity index (χ1n) is 7.28. The summed E-state index contributed by atoms with van der Waals surface area (Å²) in [5.74, 6) is 0.900. The van der Waals surface area contributed by atoms with Crippen LogP contribution in [0.15, 0.2) is 18.2 Å². The first-order valence-corrected chi connectivity index (χ1v) is 7.28. The van der Waals surface area contributed by atoms with Crippen LogP contribution in [-0.4, -0.2) is 10.7 Å². The first-order chi connectivity index (χ1) is 9.12. The van der Waals surface area contributed by atoms with Crippen molar-refractivity contribution in [2.24, 2.45) is 5.92 Å². The van der Waals surface area contributed by atoms with Gasteiger partial charge in [0.05, 0.1) is 6.10 Å². The van der Waals surface area contributed by atoms with Gasteiger partial charge in [-0.3, -0.25) is 0 Å².